The summed E-state index contributed by atoms with van der Waals surface area (Å²) in [5.41, 5.74) is 0.0339. The summed E-state index contributed by atoms with van der Waals surface area (Å²) in [4.78, 5) is 12.0. The molecule has 84 valence electrons. The molecule has 1 aliphatic heterocycles. The van der Waals surface area contributed by atoms with Gasteiger partial charge < -0.3 is 14.0 Å². The first kappa shape index (κ1) is 10.0. The van der Waals surface area contributed by atoms with Crippen LogP contribution in [0.25, 0.3) is 10.1 Å². The Labute approximate surface area is 96.0 Å². The molecule has 0 radical (unpaired) electrons. The van der Waals surface area contributed by atoms with E-state index in [1.54, 1.807) is 10.8 Å². The minimum atomic E-state index is -0.282. The van der Waals surface area contributed by atoms with Gasteiger partial charge in [0.05, 0.1) is 24.5 Å². The molecule has 1 fully saturated rings. The summed E-state index contributed by atoms with van der Waals surface area (Å²) < 4.78 is 13.1. The van der Waals surface area contributed by atoms with Gasteiger partial charge in [-0.1, -0.05) is 0 Å². The highest BCUT2D eigenvalue weighted by Crippen LogP contribution is 2.16. The average Bonchev–Trinajstić information content (AvgIpc) is 2.93. The van der Waals surface area contributed by atoms with Crippen LogP contribution in [0.3, 0.4) is 0 Å². The Morgan fingerprint density at radius 3 is 3.00 bits per heavy atom. The van der Waals surface area contributed by atoms with E-state index in [4.69, 9.17) is 9.47 Å². The zero-order valence-electron chi connectivity index (χ0n) is 8.59. The van der Waals surface area contributed by atoms with Gasteiger partial charge >= 0.3 is 0 Å². The third-order valence-corrected chi connectivity index (χ3v) is 3.54. The van der Waals surface area contributed by atoms with Crippen molar-refractivity contribution in [2.45, 2.75) is 12.8 Å². The highest BCUT2D eigenvalue weighted by Gasteiger charge is 2.17. The number of pyridine rings is 1. The molecule has 4 nitrogen and oxygen atoms in total. The fourth-order valence-electron chi connectivity index (χ4n) is 1.81. The van der Waals surface area contributed by atoms with Crippen LogP contribution in [-0.4, -0.2) is 24.1 Å². The summed E-state index contributed by atoms with van der Waals surface area (Å²) in [6.45, 7) is 1.69. The molecular formula is C11H11NO3S. The van der Waals surface area contributed by atoms with Crippen molar-refractivity contribution < 1.29 is 9.47 Å². The fourth-order valence-corrected chi connectivity index (χ4v) is 2.65. The maximum absolute atomic E-state index is 12.0. The highest BCUT2D eigenvalue weighted by molar-refractivity contribution is 7.17. The molecule has 0 saturated carbocycles. The highest BCUT2D eigenvalue weighted by atomic mass is 32.1. The van der Waals surface area contributed by atoms with Crippen LogP contribution in [0, 0.1) is 0 Å². The largest absolute Gasteiger partial charge is 0.348 e. The summed E-state index contributed by atoms with van der Waals surface area (Å²) >= 11 is 1.47. The van der Waals surface area contributed by atoms with E-state index in [-0.39, 0.29) is 11.8 Å². The number of hydrogen-bond acceptors (Lipinski definition) is 4. The van der Waals surface area contributed by atoms with E-state index < -0.39 is 0 Å². The third-order valence-electron chi connectivity index (χ3n) is 2.62. The van der Waals surface area contributed by atoms with Crippen molar-refractivity contribution in [1.82, 2.24) is 4.57 Å². The topological polar surface area (TPSA) is 40.5 Å². The summed E-state index contributed by atoms with van der Waals surface area (Å²) in [5.74, 6) is 0. The van der Waals surface area contributed by atoms with Crippen molar-refractivity contribution in [2.24, 2.45) is 0 Å². The first-order valence-corrected chi connectivity index (χ1v) is 6.02. The summed E-state index contributed by atoms with van der Waals surface area (Å²) in [6, 6.07) is 3.90. The minimum absolute atomic E-state index is 0.0339. The van der Waals surface area contributed by atoms with Crippen LogP contribution in [0.1, 0.15) is 0 Å². The van der Waals surface area contributed by atoms with Crippen LogP contribution >= 0.6 is 11.3 Å². The number of aromatic nitrogens is 1. The quantitative estimate of drug-likeness (QED) is 0.793. The molecule has 3 heterocycles. The maximum Gasteiger partial charge on any atom is 0.268 e. The predicted molar refractivity (Wildman–Crippen MR) is 61.8 cm³/mol. The van der Waals surface area contributed by atoms with E-state index in [0.717, 1.165) is 10.1 Å². The fraction of sp³-hybridized carbons (Fsp3) is 0.364. The van der Waals surface area contributed by atoms with E-state index in [2.05, 4.69) is 0 Å². The Morgan fingerprint density at radius 1 is 1.38 bits per heavy atom. The van der Waals surface area contributed by atoms with Crippen LogP contribution in [0.15, 0.2) is 28.5 Å². The van der Waals surface area contributed by atoms with Gasteiger partial charge in [0.2, 0.25) is 0 Å². The molecule has 0 bridgehead atoms. The monoisotopic (exact) mass is 237 g/mol. The molecule has 2 aromatic rings. The van der Waals surface area contributed by atoms with E-state index in [1.165, 1.54) is 11.3 Å². The standard InChI is InChI=1S/C11H11NO3S/c13-11-10-8(2-6-16-10)1-3-12(11)7-9-14-4-5-15-9/h1-3,6,9H,4-5,7H2. The van der Waals surface area contributed by atoms with Gasteiger partial charge in [0.15, 0.2) is 6.29 Å². The van der Waals surface area contributed by atoms with Crippen LogP contribution in [0.4, 0.5) is 0 Å². The average molecular weight is 237 g/mol. The number of rotatable bonds is 2. The molecule has 0 unspecified atom stereocenters. The first-order chi connectivity index (χ1) is 7.84. The zero-order chi connectivity index (χ0) is 11.0. The lowest BCUT2D eigenvalue weighted by Crippen LogP contribution is -2.26. The zero-order valence-corrected chi connectivity index (χ0v) is 9.40. The molecular weight excluding hydrogens is 226 g/mol. The second kappa shape index (κ2) is 4.01. The Kier molecular flexibility index (Phi) is 2.51. The second-order valence-electron chi connectivity index (χ2n) is 3.65. The number of nitrogens with zero attached hydrogens (tertiary/aromatic N) is 1. The predicted octanol–water partition coefficient (Wildman–Crippen LogP) is 1.44. The lowest BCUT2D eigenvalue weighted by molar-refractivity contribution is -0.0529. The smallest absolute Gasteiger partial charge is 0.268 e. The van der Waals surface area contributed by atoms with Gasteiger partial charge in [0.1, 0.15) is 0 Å². The normalized spacial score (nSPS) is 17.2. The van der Waals surface area contributed by atoms with Crippen molar-refractivity contribution in [1.29, 1.82) is 0 Å². The lowest BCUT2D eigenvalue weighted by atomic mass is 10.3. The molecule has 0 spiro atoms. The molecule has 1 aliphatic rings. The van der Waals surface area contributed by atoms with Crippen LogP contribution in [-0.2, 0) is 16.0 Å². The summed E-state index contributed by atoms with van der Waals surface area (Å²) in [7, 11) is 0. The van der Waals surface area contributed by atoms with Crippen molar-refractivity contribution in [3.05, 3.63) is 34.1 Å². The molecule has 0 N–H and O–H groups in total. The maximum atomic E-state index is 12.0. The van der Waals surface area contributed by atoms with Gasteiger partial charge in [-0.05, 0) is 22.9 Å². The van der Waals surface area contributed by atoms with Crippen LogP contribution in [0.2, 0.25) is 0 Å². The van der Waals surface area contributed by atoms with Crippen molar-refractivity contribution in [3.8, 4) is 0 Å². The molecule has 3 rings (SSSR count). The molecule has 0 aromatic carbocycles. The van der Waals surface area contributed by atoms with Crippen LogP contribution < -0.4 is 5.56 Å². The molecule has 2 aromatic heterocycles. The van der Waals surface area contributed by atoms with Gasteiger partial charge in [-0.25, -0.2) is 0 Å². The van der Waals surface area contributed by atoms with E-state index in [9.17, 15) is 4.79 Å². The lowest BCUT2D eigenvalue weighted by Gasteiger charge is -2.10. The Balaban J connectivity index is 1.96. The Bertz CT molecular complexity index is 554. The van der Waals surface area contributed by atoms with Crippen molar-refractivity contribution in [2.75, 3.05) is 13.2 Å². The van der Waals surface area contributed by atoms with Gasteiger partial charge in [-0.3, -0.25) is 4.79 Å². The molecule has 0 aliphatic carbocycles. The first-order valence-electron chi connectivity index (χ1n) is 5.14. The van der Waals surface area contributed by atoms with Gasteiger partial charge in [-0.15, -0.1) is 11.3 Å². The Morgan fingerprint density at radius 2 is 2.19 bits per heavy atom. The van der Waals surface area contributed by atoms with Crippen molar-refractivity contribution >= 4 is 21.4 Å². The van der Waals surface area contributed by atoms with E-state index >= 15 is 0 Å². The van der Waals surface area contributed by atoms with Crippen LogP contribution in [0.5, 0.6) is 0 Å². The number of hydrogen-bond donors (Lipinski definition) is 0. The van der Waals surface area contributed by atoms with Crippen molar-refractivity contribution in [3.63, 3.8) is 0 Å². The van der Waals surface area contributed by atoms with Gasteiger partial charge in [0.25, 0.3) is 5.56 Å². The molecule has 1 saturated heterocycles. The number of ether oxygens (including phenoxy) is 2. The third kappa shape index (κ3) is 1.67. The molecule has 5 heteroatoms. The SMILES string of the molecule is O=c1c2sccc2ccn1CC1OCCO1. The van der Waals surface area contributed by atoms with E-state index in [1.807, 2.05) is 17.5 Å². The molecule has 0 amide bonds. The summed E-state index contributed by atoms with van der Waals surface area (Å²) in [6.07, 6.45) is 1.51. The van der Waals surface area contributed by atoms with Gasteiger partial charge in [0, 0.05) is 6.20 Å². The molecule has 0 atom stereocenters. The van der Waals surface area contributed by atoms with Gasteiger partial charge in [-0.2, -0.15) is 0 Å². The number of fused-ring (bicyclic) bond motifs is 1. The summed E-state index contributed by atoms with van der Waals surface area (Å²) in [5, 5.41) is 2.93. The number of thiophene rings is 1. The Hall–Kier alpha value is -1.17. The van der Waals surface area contributed by atoms with E-state index in [0.29, 0.717) is 19.8 Å². The second-order valence-corrected chi connectivity index (χ2v) is 4.57. The molecule has 16 heavy (non-hydrogen) atoms. The minimum Gasteiger partial charge on any atom is -0.348 e.